The molecule has 0 saturated heterocycles. The van der Waals surface area contributed by atoms with Gasteiger partial charge in [0.1, 0.15) is 0 Å². The van der Waals surface area contributed by atoms with Gasteiger partial charge in [-0.2, -0.15) is 0 Å². The number of amides is 1. The molecule has 0 radical (unpaired) electrons. The Bertz CT molecular complexity index is 477. The van der Waals surface area contributed by atoms with E-state index in [1.165, 1.54) is 18.9 Å². The SMILES string of the molecule is CCCN(CC1CC1)C(=O)CCn1ccccc1=O. The van der Waals surface area contributed by atoms with Crippen LogP contribution < -0.4 is 5.56 Å². The van der Waals surface area contributed by atoms with Crippen molar-refractivity contribution in [2.24, 2.45) is 5.92 Å². The number of nitrogens with zero attached hydrogens (tertiary/aromatic N) is 2. The van der Waals surface area contributed by atoms with Crippen LogP contribution in [0.1, 0.15) is 32.6 Å². The lowest BCUT2D eigenvalue weighted by molar-refractivity contribution is -0.131. The molecule has 4 heteroatoms. The Hall–Kier alpha value is -1.58. The highest BCUT2D eigenvalue weighted by molar-refractivity contribution is 5.76. The summed E-state index contributed by atoms with van der Waals surface area (Å²) in [5.74, 6) is 0.888. The highest BCUT2D eigenvalue weighted by Gasteiger charge is 2.26. The van der Waals surface area contributed by atoms with Crippen LogP contribution in [0.5, 0.6) is 0 Å². The summed E-state index contributed by atoms with van der Waals surface area (Å²) in [6, 6.07) is 5.06. The van der Waals surface area contributed by atoms with E-state index in [4.69, 9.17) is 0 Å². The van der Waals surface area contributed by atoms with Gasteiger partial charge in [0.2, 0.25) is 5.91 Å². The van der Waals surface area contributed by atoms with Gasteiger partial charge in [0.25, 0.3) is 5.56 Å². The zero-order valence-corrected chi connectivity index (χ0v) is 11.5. The Kier molecular flexibility index (Phi) is 4.77. The zero-order valence-electron chi connectivity index (χ0n) is 11.5. The fourth-order valence-electron chi connectivity index (χ4n) is 2.22. The van der Waals surface area contributed by atoms with Gasteiger partial charge in [-0.3, -0.25) is 9.59 Å². The van der Waals surface area contributed by atoms with Crippen molar-refractivity contribution in [3.05, 3.63) is 34.7 Å². The minimum atomic E-state index is -0.0421. The van der Waals surface area contributed by atoms with Crippen LogP contribution in [0.4, 0.5) is 0 Å². The van der Waals surface area contributed by atoms with Gasteiger partial charge in [-0.1, -0.05) is 13.0 Å². The fraction of sp³-hybridized carbons (Fsp3) is 0.600. The predicted octanol–water partition coefficient (Wildman–Crippen LogP) is 1.89. The van der Waals surface area contributed by atoms with Crippen molar-refractivity contribution in [2.45, 2.75) is 39.2 Å². The molecule has 1 aliphatic carbocycles. The van der Waals surface area contributed by atoms with E-state index in [0.717, 1.165) is 25.4 Å². The molecule has 1 heterocycles. The minimum Gasteiger partial charge on any atom is -0.342 e. The molecule has 19 heavy (non-hydrogen) atoms. The Morgan fingerprint density at radius 3 is 2.84 bits per heavy atom. The van der Waals surface area contributed by atoms with Crippen molar-refractivity contribution in [3.8, 4) is 0 Å². The van der Waals surface area contributed by atoms with Crippen LogP contribution in [0.3, 0.4) is 0 Å². The third kappa shape index (κ3) is 4.23. The lowest BCUT2D eigenvalue weighted by Crippen LogP contribution is -2.34. The molecule has 1 aromatic heterocycles. The van der Waals surface area contributed by atoms with Crippen molar-refractivity contribution in [1.29, 1.82) is 0 Å². The molecule has 1 saturated carbocycles. The normalized spacial score (nSPS) is 14.4. The Morgan fingerprint density at radius 1 is 1.42 bits per heavy atom. The quantitative estimate of drug-likeness (QED) is 0.753. The van der Waals surface area contributed by atoms with E-state index in [1.807, 2.05) is 11.0 Å². The molecule has 0 aliphatic heterocycles. The summed E-state index contributed by atoms with van der Waals surface area (Å²) in [6.07, 6.45) is 5.65. The second kappa shape index (κ2) is 6.55. The molecule has 0 aromatic carbocycles. The van der Waals surface area contributed by atoms with E-state index in [0.29, 0.717) is 13.0 Å². The summed E-state index contributed by atoms with van der Waals surface area (Å²) >= 11 is 0. The maximum absolute atomic E-state index is 12.2. The second-order valence-electron chi connectivity index (χ2n) is 5.27. The fourth-order valence-corrected chi connectivity index (χ4v) is 2.22. The summed E-state index contributed by atoms with van der Waals surface area (Å²) in [4.78, 5) is 25.7. The summed E-state index contributed by atoms with van der Waals surface area (Å²) in [7, 11) is 0. The van der Waals surface area contributed by atoms with Gasteiger partial charge in [0.05, 0.1) is 0 Å². The van der Waals surface area contributed by atoms with Crippen molar-refractivity contribution in [2.75, 3.05) is 13.1 Å². The zero-order chi connectivity index (χ0) is 13.7. The molecule has 1 amide bonds. The van der Waals surface area contributed by atoms with Gasteiger partial charge in [-0.05, 0) is 31.2 Å². The molecule has 2 rings (SSSR count). The highest BCUT2D eigenvalue weighted by atomic mass is 16.2. The first kappa shape index (κ1) is 13.8. The van der Waals surface area contributed by atoms with Gasteiger partial charge >= 0.3 is 0 Å². The van der Waals surface area contributed by atoms with Crippen LogP contribution in [-0.4, -0.2) is 28.5 Å². The number of carbonyl (C=O) groups is 1. The van der Waals surface area contributed by atoms with Crippen LogP contribution in [-0.2, 0) is 11.3 Å². The number of hydrogen-bond acceptors (Lipinski definition) is 2. The van der Waals surface area contributed by atoms with E-state index in [-0.39, 0.29) is 11.5 Å². The van der Waals surface area contributed by atoms with Crippen molar-refractivity contribution in [3.63, 3.8) is 0 Å². The van der Waals surface area contributed by atoms with Crippen molar-refractivity contribution in [1.82, 2.24) is 9.47 Å². The predicted molar refractivity (Wildman–Crippen MR) is 74.9 cm³/mol. The van der Waals surface area contributed by atoms with Gasteiger partial charge < -0.3 is 9.47 Å². The molecule has 0 atom stereocenters. The maximum Gasteiger partial charge on any atom is 0.250 e. The molecule has 104 valence electrons. The van der Waals surface area contributed by atoms with E-state index in [1.54, 1.807) is 16.8 Å². The van der Waals surface area contributed by atoms with E-state index < -0.39 is 0 Å². The van der Waals surface area contributed by atoms with Crippen LogP contribution in [0.15, 0.2) is 29.2 Å². The first-order chi connectivity index (χ1) is 9.20. The first-order valence-electron chi connectivity index (χ1n) is 7.14. The summed E-state index contributed by atoms with van der Waals surface area (Å²) in [5.41, 5.74) is -0.0421. The average Bonchev–Trinajstić information content (AvgIpc) is 3.21. The van der Waals surface area contributed by atoms with Crippen molar-refractivity contribution >= 4 is 5.91 Å². The smallest absolute Gasteiger partial charge is 0.250 e. The lowest BCUT2D eigenvalue weighted by atomic mass is 10.3. The minimum absolute atomic E-state index is 0.0421. The summed E-state index contributed by atoms with van der Waals surface area (Å²) in [6.45, 7) is 4.30. The van der Waals surface area contributed by atoms with Crippen molar-refractivity contribution < 1.29 is 4.79 Å². The Labute approximate surface area is 114 Å². The first-order valence-corrected chi connectivity index (χ1v) is 7.14. The standard InChI is InChI=1S/C15H22N2O2/c1-2-9-17(12-13-6-7-13)15(19)8-11-16-10-4-3-5-14(16)18/h3-5,10,13H,2,6-9,11-12H2,1H3. The topological polar surface area (TPSA) is 42.3 Å². The number of carbonyl (C=O) groups excluding carboxylic acids is 1. The number of rotatable bonds is 7. The molecule has 0 bridgehead atoms. The highest BCUT2D eigenvalue weighted by Crippen LogP contribution is 2.29. The average molecular weight is 262 g/mol. The molecular weight excluding hydrogens is 240 g/mol. The molecule has 0 N–H and O–H groups in total. The molecule has 1 fully saturated rings. The van der Waals surface area contributed by atoms with Crippen LogP contribution in [0, 0.1) is 5.92 Å². The number of aryl methyl sites for hydroxylation is 1. The van der Waals surface area contributed by atoms with Gasteiger partial charge in [-0.25, -0.2) is 0 Å². The van der Waals surface area contributed by atoms with E-state index >= 15 is 0 Å². The van der Waals surface area contributed by atoms with Gasteiger partial charge in [-0.15, -0.1) is 0 Å². The largest absolute Gasteiger partial charge is 0.342 e. The van der Waals surface area contributed by atoms with Crippen LogP contribution in [0.2, 0.25) is 0 Å². The molecular formula is C15H22N2O2. The van der Waals surface area contributed by atoms with E-state index in [9.17, 15) is 9.59 Å². The molecule has 0 unspecified atom stereocenters. The number of hydrogen-bond donors (Lipinski definition) is 0. The third-order valence-electron chi connectivity index (χ3n) is 3.49. The molecule has 4 nitrogen and oxygen atoms in total. The summed E-state index contributed by atoms with van der Waals surface area (Å²) in [5, 5.41) is 0. The number of aromatic nitrogens is 1. The molecule has 0 spiro atoms. The van der Waals surface area contributed by atoms with Gasteiger partial charge in [0, 0.05) is 38.3 Å². The summed E-state index contributed by atoms with van der Waals surface area (Å²) < 4.78 is 1.60. The maximum atomic E-state index is 12.2. The molecule has 1 aliphatic rings. The monoisotopic (exact) mass is 262 g/mol. The third-order valence-corrected chi connectivity index (χ3v) is 3.49. The Balaban J connectivity index is 1.87. The van der Waals surface area contributed by atoms with Gasteiger partial charge in [0.15, 0.2) is 0 Å². The number of pyridine rings is 1. The Morgan fingerprint density at radius 2 is 2.21 bits per heavy atom. The van der Waals surface area contributed by atoms with Crippen LogP contribution in [0.25, 0.3) is 0 Å². The van der Waals surface area contributed by atoms with E-state index in [2.05, 4.69) is 6.92 Å². The second-order valence-corrected chi connectivity index (χ2v) is 5.27. The van der Waals surface area contributed by atoms with Crippen LogP contribution >= 0.6 is 0 Å². The lowest BCUT2D eigenvalue weighted by Gasteiger charge is -2.22. The molecule has 1 aromatic rings.